The van der Waals surface area contributed by atoms with Crippen molar-refractivity contribution in [3.8, 4) is 0 Å². The molecule has 10 heteroatoms. The second kappa shape index (κ2) is 23.3. The van der Waals surface area contributed by atoms with Crippen molar-refractivity contribution in [2.45, 2.75) is 202 Å². The maximum absolute atomic E-state index is 12.1. The standard InChI is InChI=1S/C25H36N2O.C21H30N2O.C20H28N2O2.2H2/c1-18(28)26(2)24-16-25(23-6-4-3-5-22(23)24)11-13-27(14-12-25)17-21-15-19-7-9-20(21)10-8-19;1-16(24)22-20-15-21(19-10-6-5-9-18(19)20)11-13-23(14-12-21)17-7-3-2-4-8-17;1-15(23)21-19-14-20(18-5-3-2-4-17(18)19)8-10-22(11-9-20)16-6-12-24-13-7-16;;/h3-6,19-21,24H,7-17H2,1-2H3;5-6,9-10,17,20H,2-4,7-8,11-15H2,1H3,(H,22,24);2-5,16,19H,6-14H2,1H3,(H,21,23);2*1H/t19?,20?,21-,24+;20-;19-;;/m100../s1. The first-order valence-electron chi connectivity index (χ1n) is 30.8. The summed E-state index contributed by atoms with van der Waals surface area (Å²) in [4.78, 5) is 45.5. The van der Waals surface area contributed by atoms with Crippen LogP contribution in [0, 0.1) is 17.8 Å². The minimum atomic E-state index is 0. The van der Waals surface area contributed by atoms with E-state index < -0.39 is 0 Å². The van der Waals surface area contributed by atoms with Gasteiger partial charge >= 0.3 is 0 Å². The third-order valence-corrected chi connectivity index (χ3v) is 22.0. The Morgan fingerprint density at radius 1 is 0.566 bits per heavy atom. The van der Waals surface area contributed by atoms with E-state index >= 15 is 0 Å². The lowest BCUT2D eigenvalue weighted by Gasteiger charge is -2.46. The van der Waals surface area contributed by atoms with E-state index in [0.717, 1.165) is 56.3 Å². The normalized spacial score (nSPS) is 29.6. The van der Waals surface area contributed by atoms with Gasteiger partial charge in [0.1, 0.15) is 0 Å². The number of fused-ring (bicyclic) bond motifs is 9. The molecule has 3 amide bonds. The molecule has 3 spiro atoms. The lowest BCUT2D eigenvalue weighted by atomic mass is 9.64. The van der Waals surface area contributed by atoms with Gasteiger partial charge in [0.25, 0.3) is 0 Å². The molecule has 2 bridgehead atoms. The molecule has 4 heterocycles. The Bertz CT molecular complexity index is 2370. The molecule has 0 unspecified atom stereocenters. The van der Waals surface area contributed by atoms with Gasteiger partial charge in [-0.2, -0.15) is 0 Å². The molecule has 11 aliphatic rings. The molecule has 10 nitrogen and oxygen atoms in total. The molecule has 0 aromatic heterocycles. The summed E-state index contributed by atoms with van der Waals surface area (Å²) in [5.74, 6) is 3.37. The number of carbonyl (C=O) groups excluding carboxylic acids is 3. The number of carbonyl (C=O) groups is 3. The van der Waals surface area contributed by atoms with Crippen LogP contribution in [0.2, 0.25) is 0 Å². The van der Waals surface area contributed by atoms with Gasteiger partial charge in [-0.05, 0) is 193 Å². The summed E-state index contributed by atoms with van der Waals surface area (Å²) >= 11 is 0. The summed E-state index contributed by atoms with van der Waals surface area (Å²) in [5, 5.41) is 6.37. The maximum Gasteiger partial charge on any atom is 0.219 e. The van der Waals surface area contributed by atoms with Crippen molar-refractivity contribution in [1.29, 1.82) is 0 Å². The maximum atomic E-state index is 12.1. The summed E-state index contributed by atoms with van der Waals surface area (Å²) < 4.78 is 5.51. The highest BCUT2D eigenvalue weighted by Gasteiger charge is 2.50. The average Bonchev–Trinajstić information content (AvgIpc) is 4.11. The molecule has 4 atom stereocenters. The van der Waals surface area contributed by atoms with Crippen molar-refractivity contribution in [2.24, 2.45) is 17.8 Å². The number of ether oxygens (including phenoxy) is 1. The van der Waals surface area contributed by atoms with Gasteiger partial charge in [-0.1, -0.05) is 105 Å². The van der Waals surface area contributed by atoms with Crippen molar-refractivity contribution in [1.82, 2.24) is 30.2 Å². The van der Waals surface area contributed by atoms with E-state index in [-0.39, 0.29) is 54.9 Å². The Balaban J connectivity index is 0.000000141. The van der Waals surface area contributed by atoms with Crippen LogP contribution in [0.25, 0.3) is 0 Å². The predicted molar refractivity (Wildman–Crippen MR) is 308 cm³/mol. The van der Waals surface area contributed by atoms with Crippen LogP contribution >= 0.6 is 0 Å². The number of likely N-dealkylation sites (tertiary alicyclic amines) is 3. The predicted octanol–water partition coefficient (Wildman–Crippen LogP) is 12.0. The smallest absolute Gasteiger partial charge is 0.219 e. The van der Waals surface area contributed by atoms with E-state index in [9.17, 15) is 14.4 Å². The Kier molecular flexibility index (Phi) is 16.5. The summed E-state index contributed by atoms with van der Waals surface area (Å²) in [6.45, 7) is 15.4. The molecule has 416 valence electrons. The monoisotopic (exact) mass is 1040 g/mol. The first-order valence-corrected chi connectivity index (χ1v) is 30.8. The Morgan fingerprint density at radius 3 is 1.49 bits per heavy atom. The van der Waals surface area contributed by atoms with E-state index in [1.807, 2.05) is 11.9 Å². The molecule has 76 heavy (non-hydrogen) atoms. The fourth-order valence-corrected chi connectivity index (χ4v) is 17.7. The van der Waals surface area contributed by atoms with Crippen LogP contribution in [0.4, 0.5) is 0 Å². The van der Waals surface area contributed by atoms with Gasteiger partial charge in [0.05, 0.1) is 18.1 Å². The van der Waals surface area contributed by atoms with Crippen molar-refractivity contribution in [2.75, 3.05) is 66.1 Å². The SMILES string of the molecule is CC(=O)N(C)[C@H]1CC2(CCN(C[C@H]3CC4CCC3CC4)CC2)c2ccccc21.CC(=O)N[C@H]1CC2(CCN(C3CCCCC3)CC2)c2ccccc21.CC(=O)N[C@H]1CC2(CCN(C3CCOCC3)CC2)c2ccccc21.[HH].[HH]. The first-order chi connectivity index (χ1) is 36.9. The van der Waals surface area contributed by atoms with Crippen LogP contribution in [-0.2, 0) is 35.4 Å². The zero-order valence-electron chi connectivity index (χ0n) is 47.2. The zero-order valence-corrected chi connectivity index (χ0v) is 47.2. The highest BCUT2D eigenvalue weighted by atomic mass is 16.5. The number of hydrogen-bond acceptors (Lipinski definition) is 7. The number of benzene rings is 3. The molecule has 14 rings (SSSR count). The van der Waals surface area contributed by atoms with Crippen molar-refractivity contribution < 1.29 is 22.0 Å². The minimum absolute atomic E-state index is 0. The fourth-order valence-electron chi connectivity index (χ4n) is 17.7. The second-order valence-corrected chi connectivity index (χ2v) is 26.2. The van der Waals surface area contributed by atoms with E-state index in [1.54, 1.807) is 20.8 Å². The lowest BCUT2D eigenvalue weighted by Crippen LogP contribution is -2.48. The topological polar surface area (TPSA) is 97.5 Å². The highest BCUT2D eigenvalue weighted by Crippen LogP contribution is 2.55. The van der Waals surface area contributed by atoms with Crippen LogP contribution < -0.4 is 10.6 Å². The number of hydrogen-bond donors (Lipinski definition) is 2. The highest BCUT2D eigenvalue weighted by molar-refractivity contribution is 5.75. The van der Waals surface area contributed by atoms with E-state index in [0.29, 0.717) is 6.04 Å². The van der Waals surface area contributed by atoms with Crippen molar-refractivity contribution in [3.05, 3.63) is 106 Å². The third kappa shape index (κ3) is 11.2. The quantitative estimate of drug-likeness (QED) is 0.243. The number of amides is 3. The molecule has 4 saturated heterocycles. The number of piperidine rings is 3. The molecule has 4 aliphatic heterocycles. The van der Waals surface area contributed by atoms with E-state index in [4.69, 9.17) is 4.74 Å². The molecular formula is C66H98N6O4. The van der Waals surface area contributed by atoms with Crippen LogP contribution in [0.1, 0.15) is 210 Å². The molecule has 0 radical (unpaired) electrons. The summed E-state index contributed by atoms with van der Waals surface area (Å²) in [6, 6.07) is 28.7. The summed E-state index contributed by atoms with van der Waals surface area (Å²) in [7, 11) is 1.98. The molecule has 2 N–H and O–H groups in total. The van der Waals surface area contributed by atoms with Gasteiger partial charge in [-0.25, -0.2) is 0 Å². The largest absolute Gasteiger partial charge is 0.381 e. The molecule has 8 fully saturated rings. The van der Waals surface area contributed by atoms with E-state index in [2.05, 4.69) is 98.1 Å². The van der Waals surface area contributed by atoms with Gasteiger partial charge in [0, 0.05) is 78.8 Å². The van der Waals surface area contributed by atoms with E-state index in [1.165, 1.54) is 195 Å². The summed E-state index contributed by atoms with van der Waals surface area (Å²) in [6.07, 6.45) is 27.6. The Hall–Kier alpha value is -4.09. The molecule has 4 saturated carbocycles. The molecule has 3 aromatic carbocycles. The molecular weight excluding hydrogens is 941 g/mol. The van der Waals surface area contributed by atoms with Crippen molar-refractivity contribution in [3.63, 3.8) is 0 Å². The minimum Gasteiger partial charge on any atom is -0.381 e. The van der Waals surface area contributed by atoms with Crippen LogP contribution in [0.3, 0.4) is 0 Å². The zero-order chi connectivity index (χ0) is 52.4. The van der Waals surface area contributed by atoms with Crippen LogP contribution in [0.5, 0.6) is 0 Å². The molecule has 3 aromatic rings. The van der Waals surface area contributed by atoms with Crippen LogP contribution in [0.15, 0.2) is 72.8 Å². The van der Waals surface area contributed by atoms with Gasteiger partial charge in [0.15, 0.2) is 0 Å². The van der Waals surface area contributed by atoms with Crippen molar-refractivity contribution >= 4 is 17.7 Å². The number of rotatable bonds is 7. The fraction of sp³-hybridized carbons (Fsp3) is 0.682. The average molecular weight is 1040 g/mol. The lowest BCUT2D eigenvalue weighted by molar-refractivity contribution is -0.130. The van der Waals surface area contributed by atoms with Crippen LogP contribution in [-0.4, -0.2) is 115 Å². The van der Waals surface area contributed by atoms with Gasteiger partial charge in [-0.15, -0.1) is 0 Å². The third-order valence-electron chi connectivity index (χ3n) is 22.0. The first kappa shape index (κ1) is 53.9. The Labute approximate surface area is 460 Å². The van der Waals surface area contributed by atoms with Gasteiger partial charge < -0.3 is 35.0 Å². The van der Waals surface area contributed by atoms with Gasteiger partial charge in [-0.3, -0.25) is 14.4 Å². The number of nitrogens with zero attached hydrogens (tertiary/aromatic N) is 4. The second-order valence-electron chi connectivity index (χ2n) is 26.2. The summed E-state index contributed by atoms with van der Waals surface area (Å²) in [5.41, 5.74) is 9.45. The number of nitrogens with one attached hydrogen (secondary N) is 2. The molecule has 7 aliphatic carbocycles. The Morgan fingerprint density at radius 2 is 1.01 bits per heavy atom. The van der Waals surface area contributed by atoms with Gasteiger partial charge in [0.2, 0.25) is 17.7 Å².